The van der Waals surface area contributed by atoms with Gasteiger partial charge in [0.15, 0.2) is 21.3 Å². The molecular formula is C18H20N2O6S2. The maximum Gasteiger partial charge on any atom is 0.344 e. The zero-order valence-electron chi connectivity index (χ0n) is 15.3. The van der Waals surface area contributed by atoms with Crippen molar-refractivity contribution in [3.05, 3.63) is 24.3 Å². The summed E-state index contributed by atoms with van der Waals surface area (Å²) in [7, 11) is -1.60. The zero-order chi connectivity index (χ0) is 20.1. The first-order valence-electron chi connectivity index (χ1n) is 8.98. The maximum atomic E-state index is 12.9. The predicted molar refractivity (Wildman–Crippen MR) is 103 cm³/mol. The number of esters is 1. The van der Waals surface area contributed by atoms with E-state index < -0.39 is 39.2 Å². The molecule has 3 aliphatic rings. The molecule has 150 valence electrons. The van der Waals surface area contributed by atoms with E-state index in [1.165, 1.54) is 28.6 Å². The Morgan fingerprint density at radius 1 is 1.36 bits per heavy atom. The monoisotopic (exact) mass is 424 g/mol. The van der Waals surface area contributed by atoms with Gasteiger partial charge in [-0.1, -0.05) is 23.9 Å². The molecule has 10 heteroatoms. The minimum absolute atomic E-state index is 0.0597. The number of benzene rings is 1. The number of amides is 2. The molecule has 4 rings (SSSR count). The fourth-order valence-electron chi connectivity index (χ4n) is 3.90. The number of anilines is 1. The van der Waals surface area contributed by atoms with Crippen LogP contribution in [0.15, 0.2) is 29.2 Å². The number of carbonyl (C=O) groups is 3. The van der Waals surface area contributed by atoms with Gasteiger partial charge in [0.05, 0.1) is 17.2 Å². The summed E-state index contributed by atoms with van der Waals surface area (Å²) < 4.78 is 28.5. The first-order chi connectivity index (χ1) is 13.2. The van der Waals surface area contributed by atoms with Crippen molar-refractivity contribution in [2.24, 2.45) is 0 Å². The van der Waals surface area contributed by atoms with E-state index in [4.69, 9.17) is 4.74 Å². The summed E-state index contributed by atoms with van der Waals surface area (Å²) >= 11 is 1.28. The fraction of sp³-hybridized carbons (Fsp3) is 0.500. The number of hydrogen-bond acceptors (Lipinski definition) is 7. The van der Waals surface area contributed by atoms with Gasteiger partial charge in [-0.3, -0.25) is 14.5 Å². The lowest BCUT2D eigenvalue weighted by Crippen LogP contribution is -2.49. The van der Waals surface area contributed by atoms with Gasteiger partial charge in [0.2, 0.25) is 5.91 Å². The molecule has 2 fully saturated rings. The van der Waals surface area contributed by atoms with Crippen LogP contribution in [-0.2, 0) is 29.0 Å². The van der Waals surface area contributed by atoms with Crippen LogP contribution in [0.3, 0.4) is 0 Å². The molecule has 2 saturated heterocycles. The Morgan fingerprint density at radius 2 is 2.11 bits per heavy atom. The molecule has 0 spiro atoms. The van der Waals surface area contributed by atoms with Gasteiger partial charge in [0, 0.05) is 30.8 Å². The second-order valence-electron chi connectivity index (χ2n) is 7.22. The van der Waals surface area contributed by atoms with Crippen molar-refractivity contribution >= 4 is 45.1 Å². The summed E-state index contributed by atoms with van der Waals surface area (Å²) in [4.78, 5) is 40.2. The fourth-order valence-corrected chi connectivity index (χ4v) is 7.08. The Balaban J connectivity index is 1.44. The third kappa shape index (κ3) is 3.08. The van der Waals surface area contributed by atoms with E-state index in [2.05, 4.69) is 0 Å². The third-order valence-electron chi connectivity index (χ3n) is 5.47. The van der Waals surface area contributed by atoms with Crippen molar-refractivity contribution in [2.75, 3.05) is 30.1 Å². The van der Waals surface area contributed by atoms with E-state index in [0.29, 0.717) is 18.5 Å². The number of hydrogen-bond donors (Lipinski definition) is 0. The van der Waals surface area contributed by atoms with E-state index in [-0.39, 0.29) is 23.8 Å². The van der Waals surface area contributed by atoms with Crippen molar-refractivity contribution in [1.29, 1.82) is 0 Å². The summed E-state index contributed by atoms with van der Waals surface area (Å²) in [6.45, 7) is -0.480. The predicted octanol–water partition coefficient (Wildman–Crippen LogP) is 0.804. The van der Waals surface area contributed by atoms with Crippen molar-refractivity contribution in [2.45, 2.75) is 35.1 Å². The molecule has 3 heterocycles. The number of rotatable bonds is 4. The van der Waals surface area contributed by atoms with Crippen LogP contribution in [0, 0.1) is 0 Å². The molecule has 0 bridgehead atoms. The standard InChI is InChI=1S/C18H20N2O6S2/c1-19(12-7-9-28(24,25)11-12)16(22)10-26-17(23)18-8-6-15(21)20(18)13-4-2-3-5-14(13)27-18/h2-5,12H,6-11H2,1H3/t12-,18-/m1/s1. The third-order valence-corrected chi connectivity index (χ3v) is 8.68. The van der Waals surface area contributed by atoms with E-state index >= 15 is 0 Å². The molecule has 28 heavy (non-hydrogen) atoms. The van der Waals surface area contributed by atoms with Gasteiger partial charge in [-0.15, -0.1) is 0 Å². The molecule has 0 aromatic heterocycles. The summed E-state index contributed by atoms with van der Waals surface area (Å²) in [5.41, 5.74) is 0.687. The van der Waals surface area contributed by atoms with Crippen molar-refractivity contribution in [1.82, 2.24) is 4.90 Å². The highest BCUT2D eigenvalue weighted by Gasteiger charge is 2.58. The Labute approximate surface area is 167 Å². The Bertz CT molecular complexity index is 963. The molecule has 1 aromatic carbocycles. The first-order valence-corrected chi connectivity index (χ1v) is 11.6. The van der Waals surface area contributed by atoms with E-state index in [0.717, 1.165) is 4.90 Å². The molecule has 0 unspecified atom stereocenters. The van der Waals surface area contributed by atoms with Crippen LogP contribution in [0.5, 0.6) is 0 Å². The van der Waals surface area contributed by atoms with E-state index in [1.54, 1.807) is 12.1 Å². The van der Waals surface area contributed by atoms with E-state index in [1.807, 2.05) is 12.1 Å². The summed E-state index contributed by atoms with van der Waals surface area (Å²) in [5, 5.41) is 0. The molecule has 0 saturated carbocycles. The minimum atomic E-state index is -3.12. The van der Waals surface area contributed by atoms with Crippen LogP contribution in [-0.4, -0.2) is 67.2 Å². The summed E-state index contributed by atoms with van der Waals surface area (Å²) in [6.07, 6.45) is 0.940. The average Bonchev–Trinajstić information content (AvgIpc) is 3.30. The highest BCUT2D eigenvalue weighted by Crippen LogP contribution is 2.56. The van der Waals surface area contributed by atoms with Crippen LogP contribution in [0.4, 0.5) is 5.69 Å². The first kappa shape index (κ1) is 19.3. The van der Waals surface area contributed by atoms with Gasteiger partial charge >= 0.3 is 5.97 Å². The summed E-state index contributed by atoms with van der Waals surface area (Å²) in [6, 6.07) is 6.89. The zero-order valence-corrected chi connectivity index (χ0v) is 16.9. The molecule has 0 N–H and O–H groups in total. The molecule has 2 atom stereocenters. The van der Waals surface area contributed by atoms with Gasteiger partial charge in [-0.25, -0.2) is 13.2 Å². The number of ether oxygens (including phenoxy) is 1. The number of nitrogens with zero attached hydrogens (tertiary/aromatic N) is 2. The maximum absolute atomic E-state index is 12.9. The molecule has 0 radical (unpaired) electrons. The molecule has 1 aromatic rings. The average molecular weight is 425 g/mol. The second-order valence-corrected chi connectivity index (χ2v) is 10.8. The minimum Gasteiger partial charge on any atom is -0.453 e. The molecule has 8 nitrogen and oxygen atoms in total. The van der Waals surface area contributed by atoms with Crippen LogP contribution in [0.25, 0.3) is 0 Å². The lowest BCUT2D eigenvalue weighted by Gasteiger charge is -2.29. The molecule has 0 aliphatic carbocycles. The van der Waals surface area contributed by atoms with Crippen LogP contribution < -0.4 is 4.90 Å². The lowest BCUT2D eigenvalue weighted by atomic mass is 10.2. The van der Waals surface area contributed by atoms with Crippen LogP contribution in [0.1, 0.15) is 19.3 Å². The summed E-state index contributed by atoms with van der Waals surface area (Å²) in [5.74, 6) is -1.23. The number of carbonyl (C=O) groups excluding carboxylic acids is 3. The number of likely N-dealkylation sites (N-methyl/N-ethyl adjacent to an activating group) is 1. The highest BCUT2D eigenvalue weighted by molar-refractivity contribution is 8.02. The lowest BCUT2D eigenvalue weighted by molar-refractivity contribution is -0.154. The SMILES string of the molecule is CN(C(=O)COC(=O)[C@]12CCC(=O)N1c1ccccc1S2)[C@@H]1CCS(=O)(=O)C1. The van der Waals surface area contributed by atoms with Gasteiger partial charge < -0.3 is 9.64 Å². The highest BCUT2D eigenvalue weighted by atomic mass is 32.2. The van der Waals surface area contributed by atoms with Gasteiger partial charge in [-0.05, 0) is 18.6 Å². The Morgan fingerprint density at radius 3 is 2.82 bits per heavy atom. The van der Waals surface area contributed by atoms with Crippen molar-refractivity contribution in [3.63, 3.8) is 0 Å². The topological polar surface area (TPSA) is 101 Å². The van der Waals surface area contributed by atoms with Gasteiger partial charge in [-0.2, -0.15) is 0 Å². The van der Waals surface area contributed by atoms with Crippen molar-refractivity contribution < 1.29 is 27.5 Å². The molecule has 2 amide bonds. The van der Waals surface area contributed by atoms with E-state index in [9.17, 15) is 22.8 Å². The number of sulfone groups is 1. The number of thioether (sulfide) groups is 1. The van der Waals surface area contributed by atoms with Crippen LogP contribution >= 0.6 is 11.8 Å². The molecule has 3 aliphatic heterocycles. The van der Waals surface area contributed by atoms with Crippen molar-refractivity contribution in [3.8, 4) is 0 Å². The largest absolute Gasteiger partial charge is 0.453 e. The normalized spacial score (nSPS) is 27.4. The Hall–Kier alpha value is -2.07. The molecular weight excluding hydrogens is 404 g/mol. The van der Waals surface area contributed by atoms with Gasteiger partial charge in [0.25, 0.3) is 5.91 Å². The smallest absolute Gasteiger partial charge is 0.344 e. The van der Waals surface area contributed by atoms with Gasteiger partial charge in [0.1, 0.15) is 0 Å². The number of fused-ring (bicyclic) bond motifs is 3. The van der Waals surface area contributed by atoms with Crippen LogP contribution in [0.2, 0.25) is 0 Å². The second kappa shape index (κ2) is 6.77. The quantitative estimate of drug-likeness (QED) is 0.659. The number of para-hydroxylation sites is 1. The Kier molecular flexibility index (Phi) is 4.65.